The molecule has 2 aromatic rings. The molecule has 0 aliphatic carbocycles. The number of rotatable bonds is 7. The molecule has 0 aliphatic rings. The molecule has 2 amide bonds. The van der Waals surface area contributed by atoms with Crippen LogP contribution in [0, 0.1) is 5.92 Å². The van der Waals surface area contributed by atoms with Gasteiger partial charge in [-0.05, 0) is 26.4 Å². The maximum absolute atomic E-state index is 12.3. The smallest absolute Gasteiger partial charge is 0.321 e. The molecule has 0 saturated carbocycles. The molecule has 0 saturated heterocycles. The maximum Gasteiger partial charge on any atom is 0.321 e. The van der Waals surface area contributed by atoms with Gasteiger partial charge in [0.05, 0.1) is 5.69 Å². The molecule has 1 atom stereocenters. The number of amides is 2. The first-order valence-electron chi connectivity index (χ1n) is 8.17. The molecule has 1 aromatic carbocycles. The third-order valence-corrected chi connectivity index (χ3v) is 4.23. The summed E-state index contributed by atoms with van der Waals surface area (Å²) in [5.74, 6) is 0.528. The molecule has 1 unspecified atom stereocenters. The highest BCUT2D eigenvalue weighted by Gasteiger charge is 2.16. The number of carbonyl (C=O) groups excluding carboxylic acids is 1. The molecule has 0 spiro atoms. The minimum atomic E-state index is -0.198. The lowest BCUT2D eigenvalue weighted by molar-refractivity contribution is 0.240. The fourth-order valence-electron chi connectivity index (χ4n) is 2.58. The molecule has 2 rings (SSSR count). The fraction of sp³-hybridized carbons (Fsp3) is 0.444. The van der Waals surface area contributed by atoms with E-state index in [1.807, 2.05) is 49.8 Å². The molecule has 0 aliphatic heterocycles. The van der Waals surface area contributed by atoms with Gasteiger partial charge in [0.1, 0.15) is 0 Å². The summed E-state index contributed by atoms with van der Waals surface area (Å²) >= 11 is 1.43. The normalized spacial score (nSPS) is 12.4. The predicted molar refractivity (Wildman–Crippen MR) is 102 cm³/mol. The van der Waals surface area contributed by atoms with Crippen LogP contribution < -0.4 is 10.6 Å². The summed E-state index contributed by atoms with van der Waals surface area (Å²) in [4.78, 5) is 18.8. The molecule has 6 heteroatoms. The topological polar surface area (TPSA) is 57.3 Å². The number of aromatic nitrogens is 1. The molecule has 1 heterocycles. The minimum absolute atomic E-state index is 0.119. The molecule has 0 bridgehead atoms. The Morgan fingerprint density at radius 3 is 2.58 bits per heavy atom. The number of nitrogens with one attached hydrogen (secondary N) is 2. The van der Waals surface area contributed by atoms with E-state index in [1.165, 1.54) is 11.3 Å². The highest BCUT2D eigenvalue weighted by atomic mass is 32.1. The van der Waals surface area contributed by atoms with Crippen LogP contribution in [-0.2, 0) is 0 Å². The van der Waals surface area contributed by atoms with Crippen LogP contribution in [0.15, 0.2) is 35.7 Å². The molecular formula is C18H26N4OS. The van der Waals surface area contributed by atoms with E-state index in [-0.39, 0.29) is 12.1 Å². The third kappa shape index (κ3) is 5.94. The monoisotopic (exact) mass is 346 g/mol. The molecule has 1 aromatic heterocycles. The van der Waals surface area contributed by atoms with Gasteiger partial charge in [-0.15, -0.1) is 11.3 Å². The Bertz CT molecular complexity index is 629. The van der Waals surface area contributed by atoms with Crippen molar-refractivity contribution in [1.82, 2.24) is 15.2 Å². The van der Waals surface area contributed by atoms with E-state index >= 15 is 0 Å². The minimum Gasteiger partial charge on any atom is -0.334 e. The van der Waals surface area contributed by atoms with Crippen molar-refractivity contribution in [2.24, 2.45) is 5.92 Å². The van der Waals surface area contributed by atoms with Gasteiger partial charge in [0.25, 0.3) is 0 Å². The lowest BCUT2D eigenvalue weighted by Gasteiger charge is -2.23. The van der Waals surface area contributed by atoms with Crippen LogP contribution in [0.1, 0.15) is 20.3 Å². The van der Waals surface area contributed by atoms with Gasteiger partial charge in [-0.1, -0.05) is 44.2 Å². The van der Waals surface area contributed by atoms with Crippen LogP contribution in [0.5, 0.6) is 0 Å². The average molecular weight is 346 g/mol. The van der Waals surface area contributed by atoms with Crippen molar-refractivity contribution in [3.63, 3.8) is 0 Å². The number of anilines is 1. The Morgan fingerprint density at radius 2 is 1.96 bits per heavy atom. The van der Waals surface area contributed by atoms with Gasteiger partial charge in [0.15, 0.2) is 5.13 Å². The van der Waals surface area contributed by atoms with Crippen LogP contribution in [0.3, 0.4) is 0 Å². The maximum atomic E-state index is 12.3. The Kier molecular flexibility index (Phi) is 6.75. The summed E-state index contributed by atoms with van der Waals surface area (Å²) < 4.78 is 0. The van der Waals surface area contributed by atoms with Gasteiger partial charge < -0.3 is 10.2 Å². The van der Waals surface area contributed by atoms with Crippen LogP contribution in [-0.4, -0.2) is 42.6 Å². The first kappa shape index (κ1) is 18.4. The second-order valence-corrected chi connectivity index (χ2v) is 7.45. The first-order valence-corrected chi connectivity index (χ1v) is 9.05. The molecule has 0 fully saturated rings. The van der Waals surface area contributed by atoms with Gasteiger partial charge in [0.2, 0.25) is 0 Å². The number of nitrogens with zero attached hydrogens (tertiary/aromatic N) is 2. The van der Waals surface area contributed by atoms with Crippen molar-refractivity contribution in [3.05, 3.63) is 35.7 Å². The Balaban J connectivity index is 1.95. The van der Waals surface area contributed by atoms with Crippen LogP contribution in [0.4, 0.5) is 9.93 Å². The van der Waals surface area contributed by atoms with Crippen molar-refractivity contribution in [3.8, 4) is 11.3 Å². The van der Waals surface area contributed by atoms with E-state index in [2.05, 4.69) is 34.4 Å². The molecule has 130 valence electrons. The zero-order valence-corrected chi connectivity index (χ0v) is 15.6. The van der Waals surface area contributed by atoms with E-state index in [4.69, 9.17) is 0 Å². The summed E-state index contributed by atoms with van der Waals surface area (Å²) in [7, 11) is 4.03. The van der Waals surface area contributed by atoms with Crippen LogP contribution in [0.2, 0.25) is 0 Å². The lowest BCUT2D eigenvalue weighted by Crippen LogP contribution is -2.44. The zero-order chi connectivity index (χ0) is 17.5. The van der Waals surface area contributed by atoms with Crippen molar-refractivity contribution in [1.29, 1.82) is 0 Å². The summed E-state index contributed by atoms with van der Waals surface area (Å²) in [5.41, 5.74) is 1.93. The summed E-state index contributed by atoms with van der Waals surface area (Å²) in [6.45, 7) is 5.14. The van der Waals surface area contributed by atoms with Gasteiger partial charge in [-0.25, -0.2) is 9.78 Å². The largest absolute Gasteiger partial charge is 0.334 e. The van der Waals surface area contributed by atoms with E-state index in [0.29, 0.717) is 11.0 Å². The molecular weight excluding hydrogens is 320 g/mol. The fourth-order valence-corrected chi connectivity index (χ4v) is 3.29. The quantitative estimate of drug-likeness (QED) is 0.799. The van der Waals surface area contributed by atoms with Crippen molar-refractivity contribution in [2.45, 2.75) is 26.3 Å². The zero-order valence-electron chi connectivity index (χ0n) is 14.7. The summed E-state index contributed by atoms with van der Waals surface area (Å²) in [6.07, 6.45) is 0.943. The average Bonchev–Trinajstić information content (AvgIpc) is 2.95. The Labute approximate surface area is 148 Å². The SMILES string of the molecule is CC(C)CC(CN(C)C)NC(=O)Nc1nc(-c2ccccc2)cs1. The van der Waals surface area contributed by atoms with Crippen molar-refractivity contribution >= 4 is 22.5 Å². The number of likely N-dealkylation sites (N-methyl/N-ethyl adjacent to an activating group) is 1. The third-order valence-electron chi connectivity index (χ3n) is 3.47. The van der Waals surface area contributed by atoms with Crippen molar-refractivity contribution < 1.29 is 4.79 Å². The number of urea groups is 1. The number of hydrogen-bond acceptors (Lipinski definition) is 4. The van der Waals surface area contributed by atoms with Crippen molar-refractivity contribution in [2.75, 3.05) is 26.0 Å². The Hall–Kier alpha value is -1.92. The predicted octanol–water partition coefficient (Wildman–Crippen LogP) is 3.91. The van der Waals surface area contributed by atoms with E-state index < -0.39 is 0 Å². The van der Waals surface area contributed by atoms with Crippen LogP contribution >= 0.6 is 11.3 Å². The van der Waals surface area contributed by atoms with Gasteiger partial charge in [0, 0.05) is 23.5 Å². The Morgan fingerprint density at radius 1 is 1.25 bits per heavy atom. The number of carbonyl (C=O) groups is 1. The van der Waals surface area contributed by atoms with E-state index in [0.717, 1.165) is 24.2 Å². The lowest BCUT2D eigenvalue weighted by atomic mass is 10.0. The van der Waals surface area contributed by atoms with E-state index in [1.54, 1.807) is 0 Å². The molecule has 0 radical (unpaired) electrons. The van der Waals surface area contributed by atoms with Gasteiger partial charge in [-0.3, -0.25) is 5.32 Å². The van der Waals surface area contributed by atoms with Gasteiger partial charge in [-0.2, -0.15) is 0 Å². The first-order chi connectivity index (χ1) is 11.4. The summed E-state index contributed by atoms with van der Waals surface area (Å²) in [6, 6.07) is 9.87. The highest BCUT2D eigenvalue weighted by molar-refractivity contribution is 7.14. The molecule has 5 nitrogen and oxygen atoms in total. The second kappa shape index (κ2) is 8.80. The standard InChI is InChI=1S/C18H26N4OS/c1-13(2)10-15(11-22(3)4)19-17(23)21-18-20-16(12-24-18)14-8-6-5-7-9-14/h5-9,12-13,15H,10-11H2,1-4H3,(H2,19,20,21,23). The number of hydrogen-bond donors (Lipinski definition) is 2. The van der Waals surface area contributed by atoms with Gasteiger partial charge >= 0.3 is 6.03 Å². The molecule has 2 N–H and O–H groups in total. The van der Waals surface area contributed by atoms with Crippen LogP contribution in [0.25, 0.3) is 11.3 Å². The van der Waals surface area contributed by atoms with E-state index in [9.17, 15) is 4.79 Å². The number of benzene rings is 1. The second-order valence-electron chi connectivity index (χ2n) is 6.59. The summed E-state index contributed by atoms with van der Waals surface area (Å²) in [5, 5.41) is 8.47. The highest BCUT2D eigenvalue weighted by Crippen LogP contribution is 2.24. The molecule has 24 heavy (non-hydrogen) atoms. The number of thiazole rings is 1.